The maximum atomic E-state index is 9.32. The molecule has 0 amide bonds. The van der Waals surface area contributed by atoms with Crippen LogP contribution in [0.15, 0.2) is 18.2 Å². The van der Waals surface area contributed by atoms with E-state index in [1.54, 1.807) is 0 Å². The van der Waals surface area contributed by atoms with Crippen LogP contribution in [0.2, 0.25) is 0 Å². The Morgan fingerprint density at radius 3 is 1.44 bits per heavy atom. The lowest BCUT2D eigenvalue weighted by Gasteiger charge is -2.26. The average Bonchev–Trinajstić information content (AvgIpc) is 2.14. The summed E-state index contributed by atoms with van der Waals surface area (Å²) in [6.45, 7) is 13.3. The fraction of sp³-hybridized carbons (Fsp3) is 0.600. The molecule has 0 aliphatic rings. The topological polar surface area (TPSA) is 20.2 Å². The molecule has 0 spiro atoms. The van der Waals surface area contributed by atoms with Gasteiger partial charge >= 0.3 is 0 Å². The number of rotatable bonds is 1. The highest BCUT2D eigenvalue weighted by Crippen LogP contribution is 2.30. The van der Waals surface area contributed by atoms with Crippen molar-refractivity contribution in [3.63, 3.8) is 0 Å². The van der Waals surface area contributed by atoms with Crippen LogP contribution in [-0.2, 0) is 17.4 Å². The zero-order chi connectivity index (χ0) is 12.6. The lowest BCUT2D eigenvalue weighted by Crippen LogP contribution is -2.17. The van der Waals surface area contributed by atoms with Crippen LogP contribution in [0.3, 0.4) is 0 Å². The molecular formula is C15H24O. The standard InChI is InChI=1S/C15H24O/c1-14(2,3)12-7-11(10-16)8-13(9-12)15(4,5)6/h7-9,16H,10H2,1-6H3. The van der Waals surface area contributed by atoms with Crippen LogP contribution in [0.1, 0.15) is 58.2 Å². The number of hydrogen-bond donors (Lipinski definition) is 1. The van der Waals surface area contributed by atoms with Crippen LogP contribution in [-0.4, -0.2) is 5.11 Å². The second kappa shape index (κ2) is 4.21. The van der Waals surface area contributed by atoms with Gasteiger partial charge in [-0.25, -0.2) is 0 Å². The third-order valence-corrected chi connectivity index (χ3v) is 2.91. The highest BCUT2D eigenvalue weighted by atomic mass is 16.3. The minimum Gasteiger partial charge on any atom is -0.392 e. The Hall–Kier alpha value is -0.820. The molecule has 0 bridgehead atoms. The van der Waals surface area contributed by atoms with E-state index in [1.807, 2.05) is 0 Å². The molecule has 1 rings (SSSR count). The van der Waals surface area contributed by atoms with Crippen molar-refractivity contribution in [1.82, 2.24) is 0 Å². The first-order valence-corrected chi connectivity index (χ1v) is 5.90. The van der Waals surface area contributed by atoms with Gasteiger partial charge in [0.05, 0.1) is 6.61 Å². The van der Waals surface area contributed by atoms with Crippen LogP contribution in [0.25, 0.3) is 0 Å². The molecule has 1 nitrogen and oxygen atoms in total. The Bertz CT molecular complexity index is 332. The van der Waals surface area contributed by atoms with E-state index in [1.165, 1.54) is 11.1 Å². The third-order valence-electron chi connectivity index (χ3n) is 2.91. The maximum Gasteiger partial charge on any atom is 0.0682 e. The van der Waals surface area contributed by atoms with E-state index in [4.69, 9.17) is 0 Å². The van der Waals surface area contributed by atoms with Crippen LogP contribution in [0.4, 0.5) is 0 Å². The van der Waals surface area contributed by atoms with E-state index in [0.717, 1.165) is 5.56 Å². The molecule has 1 heteroatoms. The summed E-state index contributed by atoms with van der Waals surface area (Å²) in [4.78, 5) is 0. The first-order chi connectivity index (χ1) is 7.14. The molecule has 0 fully saturated rings. The monoisotopic (exact) mass is 220 g/mol. The minimum atomic E-state index is 0.118. The van der Waals surface area contributed by atoms with Crippen molar-refractivity contribution in [2.75, 3.05) is 0 Å². The minimum absolute atomic E-state index is 0.118. The van der Waals surface area contributed by atoms with Gasteiger partial charge in [0.25, 0.3) is 0 Å². The molecule has 0 atom stereocenters. The zero-order valence-corrected chi connectivity index (χ0v) is 11.4. The Morgan fingerprint density at radius 1 is 0.812 bits per heavy atom. The normalized spacial score (nSPS) is 12.9. The molecule has 0 saturated heterocycles. The van der Waals surface area contributed by atoms with Crippen LogP contribution in [0, 0.1) is 0 Å². The molecule has 0 aliphatic heterocycles. The van der Waals surface area contributed by atoms with Gasteiger partial charge in [0, 0.05) is 0 Å². The summed E-state index contributed by atoms with van der Waals surface area (Å²) in [5.74, 6) is 0. The number of aliphatic hydroxyl groups excluding tert-OH is 1. The highest BCUT2D eigenvalue weighted by molar-refractivity contribution is 5.37. The molecule has 1 N–H and O–H groups in total. The van der Waals surface area contributed by atoms with Crippen LogP contribution in [0.5, 0.6) is 0 Å². The summed E-state index contributed by atoms with van der Waals surface area (Å²) in [6.07, 6.45) is 0. The van der Waals surface area contributed by atoms with Crippen LogP contribution < -0.4 is 0 Å². The second-order valence-electron chi connectivity index (χ2n) is 6.58. The van der Waals surface area contributed by atoms with Gasteiger partial charge in [-0.05, 0) is 27.5 Å². The van der Waals surface area contributed by atoms with E-state index in [9.17, 15) is 5.11 Å². The van der Waals surface area contributed by atoms with Gasteiger partial charge in [0.2, 0.25) is 0 Å². The van der Waals surface area contributed by atoms with E-state index in [0.29, 0.717) is 0 Å². The summed E-state index contributed by atoms with van der Waals surface area (Å²) in [5.41, 5.74) is 3.86. The van der Waals surface area contributed by atoms with Crippen molar-refractivity contribution < 1.29 is 5.11 Å². The third kappa shape index (κ3) is 3.08. The Labute approximate surface area is 99.5 Å². The summed E-state index contributed by atoms with van der Waals surface area (Å²) >= 11 is 0. The molecule has 16 heavy (non-hydrogen) atoms. The molecule has 0 radical (unpaired) electrons. The second-order valence-corrected chi connectivity index (χ2v) is 6.58. The quantitative estimate of drug-likeness (QED) is 0.763. The molecule has 1 aromatic carbocycles. The lowest BCUT2D eigenvalue weighted by atomic mass is 9.79. The number of hydrogen-bond acceptors (Lipinski definition) is 1. The van der Waals surface area contributed by atoms with Crippen molar-refractivity contribution >= 4 is 0 Å². The van der Waals surface area contributed by atoms with E-state index >= 15 is 0 Å². The van der Waals surface area contributed by atoms with Gasteiger partial charge in [0.1, 0.15) is 0 Å². The van der Waals surface area contributed by atoms with Gasteiger partial charge in [-0.15, -0.1) is 0 Å². The van der Waals surface area contributed by atoms with Crippen molar-refractivity contribution in [3.05, 3.63) is 34.9 Å². The molecule has 0 aliphatic carbocycles. The zero-order valence-electron chi connectivity index (χ0n) is 11.4. The first kappa shape index (κ1) is 13.2. The van der Waals surface area contributed by atoms with Crippen LogP contribution >= 0.6 is 0 Å². The molecule has 90 valence electrons. The highest BCUT2D eigenvalue weighted by Gasteiger charge is 2.20. The SMILES string of the molecule is CC(C)(C)c1cc(CO)cc(C(C)(C)C)c1. The Balaban J connectivity index is 3.33. The van der Waals surface area contributed by atoms with E-state index in [-0.39, 0.29) is 17.4 Å². The predicted octanol–water partition coefficient (Wildman–Crippen LogP) is 3.77. The molecule has 0 saturated carbocycles. The largest absolute Gasteiger partial charge is 0.392 e. The van der Waals surface area contributed by atoms with Gasteiger partial charge in [-0.2, -0.15) is 0 Å². The summed E-state index contributed by atoms with van der Waals surface area (Å²) in [5, 5.41) is 9.32. The van der Waals surface area contributed by atoms with E-state index < -0.39 is 0 Å². The molecule has 1 aromatic rings. The molecule has 0 heterocycles. The van der Waals surface area contributed by atoms with Crippen molar-refractivity contribution in [1.29, 1.82) is 0 Å². The summed E-state index contributed by atoms with van der Waals surface area (Å²) < 4.78 is 0. The Morgan fingerprint density at radius 2 is 1.19 bits per heavy atom. The summed E-state index contributed by atoms with van der Waals surface area (Å²) in [6, 6.07) is 6.48. The average molecular weight is 220 g/mol. The predicted molar refractivity (Wildman–Crippen MR) is 69.8 cm³/mol. The molecular weight excluding hydrogens is 196 g/mol. The molecule has 0 unspecified atom stereocenters. The Kier molecular flexibility index (Phi) is 3.49. The molecule has 0 aromatic heterocycles. The van der Waals surface area contributed by atoms with Gasteiger partial charge in [-0.1, -0.05) is 59.7 Å². The van der Waals surface area contributed by atoms with E-state index in [2.05, 4.69) is 59.7 Å². The smallest absolute Gasteiger partial charge is 0.0682 e. The number of aliphatic hydroxyl groups is 1. The number of benzene rings is 1. The fourth-order valence-corrected chi connectivity index (χ4v) is 1.65. The fourth-order valence-electron chi connectivity index (χ4n) is 1.65. The van der Waals surface area contributed by atoms with Gasteiger partial charge < -0.3 is 5.11 Å². The van der Waals surface area contributed by atoms with Crippen molar-refractivity contribution in [2.24, 2.45) is 0 Å². The van der Waals surface area contributed by atoms with Crippen molar-refractivity contribution in [3.8, 4) is 0 Å². The summed E-state index contributed by atoms with van der Waals surface area (Å²) in [7, 11) is 0. The maximum absolute atomic E-state index is 9.32. The van der Waals surface area contributed by atoms with Gasteiger partial charge in [-0.3, -0.25) is 0 Å². The first-order valence-electron chi connectivity index (χ1n) is 5.90. The van der Waals surface area contributed by atoms with Gasteiger partial charge in [0.15, 0.2) is 0 Å². The van der Waals surface area contributed by atoms with Crippen molar-refractivity contribution in [2.45, 2.75) is 59.0 Å². The lowest BCUT2D eigenvalue weighted by molar-refractivity contribution is 0.281.